The SMILES string of the molecule is Nc1cccc(B(O)O)c1.O=C(Cl)c1cc2cc3c4c(c2oc1=O)CCCN4CCC3.O=C(Nc1cccc(B(O)O)c1)c1cc2cc3c4c(c2oc1=O)CCCN4CCC3.O=C(O)c1cc2cc3c4c(c2oc1=O)CCCN4CCC3.O=S(Cl)Cl. The lowest BCUT2D eigenvalue weighted by Crippen LogP contribution is -2.34. The molecule has 0 spiro atoms. The number of amides is 1. The molecule has 0 radical (unpaired) electrons. The molecule has 0 saturated heterocycles. The number of nitrogens with two attached hydrogens (primary N) is 1. The minimum Gasteiger partial charge on any atom is -0.477 e. The van der Waals surface area contributed by atoms with Crippen molar-refractivity contribution in [1.82, 2.24) is 0 Å². The number of carboxylic acid groups (broad SMARTS) is 1. The molecule has 26 heteroatoms. The Morgan fingerprint density at radius 2 is 0.884 bits per heavy atom. The quantitative estimate of drug-likeness (QED) is 0.0406. The van der Waals surface area contributed by atoms with Gasteiger partial charge in [-0.15, -0.1) is 0 Å². The van der Waals surface area contributed by atoms with E-state index in [1.807, 2.05) is 18.2 Å². The second-order valence-electron chi connectivity index (χ2n) is 21.5. The first kappa shape index (κ1) is 61.6. The van der Waals surface area contributed by atoms with E-state index in [4.69, 9.17) is 49.9 Å². The summed E-state index contributed by atoms with van der Waals surface area (Å²) < 4.78 is 25.5. The van der Waals surface area contributed by atoms with Crippen molar-refractivity contribution in [1.29, 1.82) is 0 Å². The Morgan fingerprint density at radius 3 is 1.27 bits per heavy atom. The monoisotopic (exact) mass is 1250 g/mol. The van der Waals surface area contributed by atoms with Crippen molar-refractivity contribution < 1.29 is 57.0 Å². The van der Waals surface area contributed by atoms with E-state index in [1.165, 1.54) is 58.0 Å². The van der Waals surface area contributed by atoms with Crippen LogP contribution in [0.15, 0.2) is 113 Å². The zero-order valence-corrected chi connectivity index (χ0v) is 49.3. The summed E-state index contributed by atoms with van der Waals surface area (Å²) in [6.07, 6.45) is 12.1. The molecule has 86 heavy (non-hydrogen) atoms. The second kappa shape index (κ2) is 26.7. The lowest BCUT2D eigenvalue weighted by Gasteiger charge is -2.37. The standard InChI is InChI=1S/C22H21BN2O5.C16H14ClNO3.C16H15NO4.C6H8BNO2.Cl2OS/c26-21(24-16-6-1-5-15(12-16)23(28)29)18-11-14-10-13-4-2-8-25-9-3-7-17(19(13)25)20(14)30-22(18)27;17-15(19)12-8-10-7-9-3-1-5-18-6-2-4-11(13(9)18)14(10)21-16(12)20;18-15(19)12-8-10-7-9-3-1-5-17-6-2-4-11(13(9)17)14(10)21-16(12)20;8-6-3-1-2-5(4-6)7(9)10;1-4(2)3/h1,5-6,10-12,28-29H,2-4,7-9H2,(H,24,26);7-8H,1-6H2;7-8H,1-6H2,(H,18,19);1-4,9-10H,8H2;. The molecule has 0 atom stereocenters. The molecular formula is C60H58B2Cl3N5O15S. The van der Waals surface area contributed by atoms with Crippen LogP contribution in [-0.2, 0) is 47.8 Å². The summed E-state index contributed by atoms with van der Waals surface area (Å²) in [4.78, 5) is 78.7. The normalized spacial score (nSPS) is 15.0. The Balaban J connectivity index is 0.000000131. The fourth-order valence-electron chi connectivity index (χ4n) is 12.5. The van der Waals surface area contributed by atoms with Crippen molar-refractivity contribution in [2.24, 2.45) is 0 Å². The fourth-order valence-corrected chi connectivity index (χ4v) is 12.6. The van der Waals surface area contributed by atoms with Gasteiger partial charge in [0.15, 0.2) is 0 Å². The first-order chi connectivity index (χ1) is 41.2. The van der Waals surface area contributed by atoms with Crippen LogP contribution in [0.2, 0.25) is 0 Å². The molecule has 1 amide bonds. The first-order valence-corrected chi connectivity index (χ1v) is 31.2. The largest absolute Gasteiger partial charge is 0.488 e. The summed E-state index contributed by atoms with van der Waals surface area (Å²) in [6, 6.07) is 23.3. The number of carboxylic acids is 1. The van der Waals surface area contributed by atoms with Gasteiger partial charge in [0.2, 0.25) is 9.23 Å². The number of aryl methyl sites for hydroxylation is 6. The molecule has 5 aromatic carbocycles. The molecule has 3 aromatic heterocycles. The third kappa shape index (κ3) is 13.4. The number of nitrogen functional groups attached to an aromatic ring is 1. The molecule has 0 unspecified atom stereocenters. The van der Waals surface area contributed by atoms with Crippen LogP contribution >= 0.6 is 33.0 Å². The van der Waals surface area contributed by atoms with Crippen molar-refractivity contribution in [3.05, 3.63) is 166 Å². The van der Waals surface area contributed by atoms with Crippen molar-refractivity contribution in [2.45, 2.75) is 77.0 Å². The minimum absolute atomic E-state index is 0.0759. The molecule has 6 aliphatic heterocycles. The van der Waals surface area contributed by atoms with E-state index in [9.17, 15) is 38.8 Å². The van der Waals surface area contributed by atoms with Gasteiger partial charge in [-0.25, -0.2) is 23.4 Å². The molecular weight excluding hydrogens is 1190 g/mol. The van der Waals surface area contributed by atoms with Gasteiger partial charge in [-0.3, -0.25) is 9.59 Å². The number of carbonyl (C=O) groups is 3. The van der Waals surface area contributed by atoms with Gasteiger partial charge in [0.1, 0.15) is 33.4 Å². The van der Waals surface area contributed by atoms with Crippen LogP contribution in [0.5, 0.6) is 0 Å². The van der Waals surface area contributed by atoms with Gasteiger partial charge in [0.25, 0.3) is 11.1 Å². The van der Waals surface area contributed by atoms with E-state index >= 15 is 0 Å². The topological polar surface area (TPSA) is 308 Å². The molecule has 8 N–H and O–H groups in total. The summed E-state index contributed by atoms with van der Waals surface area (Å²) >= 11 is 5.45. The summed E-state index contributed by atoms with van der Waals surface area (Å²) in [5.41, 5.74) is 16.8. The van der Waals surface area contributed by atoms with Gasteiger partial charge in [-0.1, -0.05) is 24.3 Å². The van der Waals surface area contributed by atoms with Crippen LogP contribution in [0, 0.1) is 0 Å². The number of hydrogen-bond acceptors (Lipinski definition) is 18. The molecule has 0 aliphatic carbocycles. The van der Waals surface area contributed by atoms with E-state index in [-0.39, 0.29) is 22.2 Å². The lowest BCUT2D eigenvalue weighted by atomic mass is 9.80. The molecule has 6 aliphatic rings. The van der Waals surface area contributed by atoms with Gasteiger partial charge < -0.3 is 64.2 Å². The molecule has 0 saturated carbocycles. The number of benzene rings is 5. The predicted molar refractivity (Wildman–Crippen MR) is 336 cm³/mol. The number of nitrogens with zero attached hydrogens (tertiary/aromatic N) is 3. The number of fused-ring (bicyclic) bond motifs is 6. The molecule has 14 rings (SSSR count). The molecule has 446 valence electrons. The first-order valence-electron chi connectivity index (χ1n) is 28.0. The average Bonchev–Trinajstić information content (AvgIpc) is 0.825. The van der Waals surface area contributed by atoms with Crippen molar-refractivity contribution in [3.63, 3.8) is 0 Å². The highest BCUT2D eigenvalue weighted by molar-refractivity contribution is 8.26. The number of nitrogens with one attached hydrogen (secondary N) is 1. The summed E-state index contributed by atoms with van der Waals surface area (Å²) in [6.45, 7) is 6.27. The summed E-state index contributed by atoms with van der Waals surface area (Å²) in [5.74, 6) is -1.83. The number of anilines is 5. The molecule has 0 fully saturated rings. The smallest absolute Gasteiger partial charge is 0.477 e. The average molecular weight is 1250 g/mol. The maximum Gasteiger partial charge on any atom is 0.488 e. The predicted octanol–water partition coefficient (Wildman–Crippen LogP) is 6.48. The van der Waals surface area contributed by atoms with Crippen LogP contribution in [-0.4, -0.2) is 100 Å². The highest BCUT2D eigenvalue weighted by atomic mass is 36.0. The van der Waals surface area contributed by atoms with Gasteiger partial charge in [0, 0.05) is 122 Å². The fraction of sp³-hybridized carbons (Fsp3) is 0.300. The van der Waals surface area contributed by atoms with Gasteiger partial charge in [-0.2, -0.15) is 0 Å². The Hall–Kier alpha value is -7.47. The molecule has 20 nitrogen and oxygen atoms in total. The Kier molecular flexibility index (Phi) is 19.1. The Morgan fingerprint density at radius 1 is 0.523 bits per heavy atom. The third-order valence-electron chi connectivity index (χ3n) is 16.0. The number of rotatable bonds is 6. The molecule has 9 heterocycles. The summed E-state index contributed by atoms with van der Waals surface area (Å²) in [7, 11) is 4.29. The summed E-state index contributed by atoms with van der Waals surface area (Å²) in [5, 5.41) is 49.1. The molecule has 0 bridgehead atoms. The van der Waals surface area contributed by atoms with Crippen molar-refractivity contribution in [3.8, 4) is 0 Å². The van der Waals surface area contributed by atoms with E-state index < -0.39 is 57.5 Å². The van der Waals surface area contributed by atoms with Crippen LogP contribution in [0.25, 0.3) is 32.9 Å². The number of halogens is 3. The number of aromatic carboxylic acids is 1. The lowest BCUT2D eigenvalue weighted by molar-refractivity contribution is 0.0692. The van der Waals surface area contributed by atoms with Gasteiger partial charge >= 0.3 is 37.1 Å². The number of carbonyl (C=O) groups excluding carboxylic acids is 2. The zero-order valence-electron chi connectivity index (χ0n) is 46.2. The second-order valence-corrected chi connectivity index (χ2v) is 24.4. The van der Waals surface area contributed by atoms with Crippen molar-refractivity contribution in [2.75, 3.05) is 65.0 Å². The van der Waals surface area contributed by atoms with E-state index in [2.05, 4.69) is 41.4 Å². The Bertz CT molecular complexity index is 4050. The highest BCUT2D eigenvalue weighted by Gasteiger charge is 2.31. The maximum atomic E-state index is 12.8. The van der Waals surface area contributed by atoms with Gasteiger partial charge in [-0.05, 0) is 177 Å². The van der Waals surface area contributed by atoms with Gasteiger partial charge in [0.05, 0.1) is 0 Å². The van der Waals surface area contributed by atoms with E-state index in [0.717, 1.165) is 149 Å². The third-order valence-corrected chi connectivity index (χ3v) is 16.2. The van der Waals surface area contributed by atoms with Crippen molar-refractivity contribution >= 4 is 146 Å². The maximum absolute atomic E-state index is 12.8. The minimum atomic E-state index is -1.67. The zero-order chi connectivity index (χ0) is 61.1. The van der Waals surface area contributed by atoms with Crippen LogP contribution in [0.3, 0.4) is 0 Å². The molecule has 8 aromatic rings. The van der Waals surface area contributed by atoms with Crippen LogP contribution < -0.4 is 53.6 Å². The van der Waals surface area contributed by atoms with Crippen LogP contribution in [0.1, 0.15) is 103 Å². The van der Waals surface area contributed by atoms with E-state index in [1.54, 1.807) is 42.5 Å². The number of hydrogen-bond donors (Lipinski definition) is 7. The highest BCUT2D eigenvalue weighted by Crippen LogP contribution is 2.42. The van der Waals surface area contributed by atoms with Crippen LogP contribution in [0.4, 0.5) is 28.4 Å². The Labute approximate surface area is 508 Å². The van der Waals surface area contributed by atoms with E-state index in [0.29, 0.717) is 33.6 Å².